The highest BCUT2D eigenvalue weighted by Crippen LogP contribution is 2.37. The van der Waals surface area contributed by atoms with Crippen molar-refractivity contribution in [3.05, 3.63) is 47.7 Å². The first-order valence-corrected chi connectivity index (χ1v) is 7.53. The Balaban J connectivity index is 0.000000847. The number of hydrogen-bond donors (Lipinski definition) is 2. The van der Waals surface area contributed by atoms with Crippen LogP contribution in [0.2, 0.25) is 5.02 Å². The smallest absolute Gasteiger partial charge is 0.221 e. The van der Waals surface area contributed by atoms with Gasteiger partial charge in [0.25, 0.3) is 0 Å². The third-order valence-corrected chi connectivity index (χ3v) is 3.33. The maximum absolute atomic E-state index is 11.3. The summed E-state index contributed by atoms with van der Waals surface area (Å²) in [6.45, 7) is 5.48. The second kappa shape index (κ2) is 7.09. The molecule has 3 rings (SSSR count). The summed E-state index contributed by atoms with van der Waals surface area (Å²) < 4.78 is 0. The number of halogens is 1. The van der Waals surface area contributed by atoms with Crippen molar-refractivity contribution in [2.45, 2.75) is 20.8 Å². The molecule has 1 aromatic carbocycles. The Morgan fingerprint density at radius 3 is 2.68 bits per heavy atom. The molecule has 0 atom stereocenters. The molecular weight excluding hydrogens is 298 g/mol. The Kier molecular flexibility index (Phi) is 5.17. The number of aromatic amines is 1. The van der Waals surface area contributed by atoms with Crippen LogP contribution in [0.1, 0.15) is 20.8 Å². The van der Waals surface area contributed by atoms with Gasteiger partial charge >= 0.3 is 0 Å². The summed E-state index contributed by atoms with van der Waals surface area (Å²) in [5.74, 6) is -0.118. The molecular formula is C17H18ClN3O. The van der Waals surface area contributed by atoms with E-state index in [2.05, 4.69) is 15.3 Å². The average Bonchev–Trinajstić information content (AvgIpc) is 2.98. The minimum absolute atomic E-state index is 0.118. The monoisotopic (exact) mass is 315 g/mol. The van der Waals surface area contributed by atoms with Crippen LogP contribution in [-0.2, 0) is 4.79 Å². The minimum atomic E-state index is -0.118. The van der Waals surface area contributed by atoms with Gasteiger partial charge in [-0.2, -0.15) is 0 Å². The molecule has 22 heavy (non-hydrogen) atoms. The van der Waals surface area contributed by atoms with E-state index in [1.165, 1.54) is 6.92 Å². The van der Waals surface area contributed by atoms with Gasteiger partial charge in [-0.3, -0.25) is 4.79 Å². The molecule has 0 aliphatic heterocycles. The zero-order valence-corrected chi connectivity index (χ0v) is 13.5. The van der Waals surface area contributed by atoms with Gasteiger partial charge in [0.2, 0.25) is 5.91 Å². The molecule has 0 fully saturated rings. The predicted octanol–water partition coefficient (Wildman–Crippen LogP) is 4.87. The number of carbonyl (C=O) groups excluding carboxylic acids is 1. The zero-order chi connectivity index (χ0) is 16.1. The maximum Gasteiger partial charge on any atom is 0.221 e. The first kappa shape index (κ1) is 16.0. The van der Waals surface area contributed by atoms with E-state index in [-0.39, 0.29) is 5.91 Å². The summed E-state index contributed by atoms with van der Waals surface area (Å²) in [6, 6.07) is 9.49. The molecule has 0 saturated heterocycles. The third kappa shape index (κ3) is 3.12. The lowest BCUT2D eigenvalue weighted by Gasteiger charge is -2.12. The van der Waals surface area contributed by atoms with Crippen molar-refractivity contribution in [1.29, 1.82) is 0 Å². The summed E-state index contributed by atoms with van der Waals surface area (Å²) in [5.41, 5.74) is 3.24. The van der Waals surface area contributed by atoms with Crippen LogP contribution < -0.4 is 5.32 Å². The van der Waals surface area contributed by atoms with Crippen molar-refractivity contribution in [2.75, 3.05) is 5.32 Å². The molecule has 0 radical (unpaired) electrons. The predicted molar refractivity (Wildman–Crippen MR) is 92.2 cm³/mol. The Morgan fingerprint density at radius 1 is 1.23 bits per heavy atom. The summed E-state index contributed by atoms with van der Waals surface area (Å²) in [4.78, 5) is 18.6. The lowest BCUT2D eigenvalue weighted by Crippen LogP contribution is -2.06. The van der Waals surface area contributed by atoms with Crippen molar-refractivity contribution in [1.82, 2.24) is 9.97 Å². The molecule has 2 heterocycles. The van der Waals surface area contributed by atoms with E-state index in [4.69, 9.17) is 11.6 Å². The van der Waals surface area contributed by atoms with Crippen molar-refractivity contribution in [3.8, 4) is 11.1 Å². The van der Waals surface area contributed by atoms with Crippen LogP contribution in [0.25, 0.3) is 22.2 Å². The van der Waals surface area contributed by atoms with Gasteiger partial charge in [0.1, 0.15) is 5.65 Å². The van der Waals surface area contributed by atoms with Gasteiger partial charge in [0.05, 0.1) is 5.02 Å². The van der Waals surface area contributed by atoms with Crippen LogP contribution in [-0.4, -0.2) is 15.9 Å². The number of hydrogen-bond acceptors (Lipinski definition) is 2. The molecule has 2 aromatic heterocycles. The van der Waals surface area contributed by atoms with Crippen molar-refractivity contribution >= 4 is 34.2 Å². The molecule has 5 heteroatoms. The second-order valence-corrected chi connectivity index (χ2v) is 4.86. The van der Waals surface area contributed by atoms with Gasteiger partial charge in [-0.15, -0.1) is 0 Å². The van der Waals surface area contributed by atoms with Gasteiger partial charge in [0.15, 0.2) is 0 Å². The number of aromatic nitrogens is 2. The highest BCUT2D eigenvalue weighted by molar-refractivity contribution is 6.35. The van der Waals surface area contributed by atoms with Crippen molar-refractivity contribution < 1.29 is 4.79 Å². The fourth-order valence-corrected chi connectivity index (χ4v) is 2.51. The molecule has 3 aromatic rings. The maximum atomic E-state index is 11.3. The largest absolute Gasteiger partial charge is 0.346 e. The second-order valence-electron chi connectivity index (χ2n) is 4.45. The Morgan fingerprint density at radius 2 is 1.95 bits per heavy atom. The molecule has 0 unspecified atom stereocenters. The number of carbonyl (C=O) groups is 1. The fraction of sp³-hybridized carbons (Fsp3) is 0.176. The molecule has 0 spiro atoms. The van der Waals surface area contributed by atoms with Gasteiger partial charge < -0.3 is 10.3 Å². The highest BCUT2D eigenvalue weighted by Gasteiger charge is 2.14. The highest BCUT2D eigenvalue weighted by atomic mass is 35.5. The minimum Gasteiger partial charge on any atom is -0.346 e. The van der Waals surface area contributed by atoms with E-state index in [9.17, 15) is 4.79 Å². The van der Waals surface area contributed by atoms with Crippen LogP contribution in [0.4, 0.5) is 5.69 Å². The third-order valence-electron chi connectivity index (χ3n) is 3.05. The first-order valence-electron chi connectivity index (χ1n) is 7.15. The number of rotatable bonds is 2. The SMILES string of the molecule is CC.CC(=O)Nc1ccccc1-c1c(Cl)cnc2[nH]ccc12. The number of benzene rings is 1. The number of nitrogens with one attached hydrogen (secondary N) is 2. The standard InChI is InChI=1S/C15H12ClN3O.C2H6/c1-9(20)19-13-5-3-2-4-10(13)14-11-6-7-17-15(11)18-8-12(14)16;1-2/h2-8H,1H3,(H,17,18)(H,19,20);1-2H3. The van der Waals surface area contributed by atoms with Gasteiger partial charge in [-0.1, -0.05) is 43.6 Å². The summed E-state index contributed by atoms with van der Waals surface area (Å²) in [7, 11) is 0. The fourth-order valence-electron chi connectivity index (χ4n) is 2.26. The van der Waals surface area contributed by atoms with E-state index < -0.39 is 0 Å². The van der Waals surface area contributed by atoms with Crippen LogP contribution in [0.3, 0.4) is 0 Å². The summed E-state index contributed by atoms with van der Waals surface area (Å²) >= 11 is 6.31. The van der Waals surface area contributed by atoms with Gasteiger partial charge in [0, 0.05) is 41.5 Å². The number of amides is 1. The average molecular weight is 316 g/mol. The van der Waals surface area contributed by atoms with Crippen LogP contribution in [0.15, 0.2) is 42.7 Å². The number of nitrogens with zero attached hydrogens (tertiary/aromatic N) is 1. The summed E-state index contributed by atoms with van der Waals surface area (Å²) in [6.07, 6.45) is 3.43. The number of anilines is 1. The number of pyridine rings is 1. The molecule has 0 aliphatic rings. The number of H-pyrrole nitrogens is 1. The normalized spacial score (nSPS) is 10.0. The summed E-state index contributed by atoms with van der Waals surface area (Å²) in [5, 5.41) is 4.30. The Hall–Kier alpha value is -2.33. The van der Waals surface area contributed by atoms with Gasteiger partial charge in [-0.25, -0.2) is 4.98 Å². The molecule has 0 bridgehead atoms. The zero-order valence-electron chi connectivity index (χ0n) is 12.8. The topological polar surface area (TPSA) is 57.8 Å². The molecule has 0 saturated carbocycles. The Labute approximate surface area is 134 Å². The molecule has 0 aliphatic carbocycles. The van der Waals surface area contributed by atoms with E-state index in [1.54, 1.807) is 6.20 Å². The Bertz CT molecular complexity index is 795. The molecule has 2 N–H and O–H groups in total. The molecule has 114 valence electrons. The number of para-hydroxylation sites is 1. The lowest BCUT2D eigenvalue weighted by atomic mass is 10.0. The van der Waals surface area contributed by atoms with Crippen molar-refractivity contribution in [3.63, 3.8) is 0 Å². The van der Waals surface area contributed by atoms with Gasteiger partial charge in [-0.05, 0) is 12.1 Å². The first-order chi connectivity index (χ1) is 10.7. The van der Waals surface area contributed by atoms with Crippen LogP contribution in [0.5, 0.6) is 0 Å². The van der Waals surface area contributed by atoms with Crippen molar-refractivity contribution in [2.24, 2.45) is 0 Å². The quantitative estimate of drug-likeness (QED) is 0.709. The van der Waals surface area contributed by atoms with E-state index in [0.717, 1.165) is 27.8 Å². The lowest BCUT2D eigenvalue weighted by molar-refractivity contribution is -0.114. The van der Waals surface area contributed by atoms with E-state index in [1.807, 2.05) is 50.4 Å². The van der Waals surface area contributed by atoms with Crippen LogP contribution >= 0.6 is 11.6 Å². The van der Waals surface area contributed by atoms with E-state index >= 15 is 0 Å². The number of fused-ring (bicyclic) bond motifs is 1. The molecule has 1 amide bonds. The van der Waals surface area contributed by atoms with Crippen LogP contribution in [0, 0.1) is 0 Å². The van der Waals surface area contributed by atoms with E-state index in [0.29, 0.717) is 5.02 Å². The molecule has 4 nitrogen and oxygen atoms in total.